The molecule has 3 heteroatoms. The maximum Gasteiger partial charge on any atom is 0.0682 e. The molecule has 2 rings (SSSR count). The van der Waals surface area contributed by atoms with Crippen molar-refractivity contribution in [3.8, 4) is 11.3 Å². The molecule has 0 aliphatic heterocycles. The van der Waals surface area contributed by atoms with Gasteiger partial charge in [0.1, 0.15) is 0 Å². The van der Waals surface area contributed by atoms with E-state index in [1.807, 2.05) is 17.9 Å². The third-order valence-corrected chi connectivity index (χ3v) is 3.13. The van der Waals surface area contributed by atoms with Gasteiger partial charge < -0.3 is 5.32 Å². The second-order valence-electron chi connectivity index (χ2n) is 4.17. The lowest BCUT2D eigenvalue weighted by Crippen LogP contribution is -2.12. The molecule has 1 N–H and O–H groups in total. The van der Waals surface area contributed by atoms with Crippen LogP contribution in [0.15, 0.2) is 36.5 Å². The van der Waals surface area contributed by atoms with Crippen molar-refractivity contribution >= 4 is 0 Å². The van der Waals surface area contributed by atoms with Crippen LogP contribution in [0.3, 0.4) is 0 Å². The molecule has 0 saturated carbocycles. The van der Waals surface area contributed by atoms with Crippen LogP contribution < -0.4 is 5.32 Å². The minimum Gasteiger partial charge on any atom is -0.313 e. The Hall–Kier alpha value is -1.61. The molecule has 0 aliphatic rings. The molecule has 0 amide bonds. The Labute approximate surface area is 102 Å². The predicted octanol–water partition coefficient (Wildman–Crippen LogP) is 2.85. The standard InChI is InChI=1S/C14H19N3/c1-4-17-14(8-9-16-17)13-7-5-6-12(10-13)11(2)15-3/h5-11,15H,4H2,1-3H3. The first kappa shape index (κ1) is 11.9. The van der Waals surface area contributed by atoms with E-state index in [2.05, 4.69) is 54.6 Å². The highest BCUT2D eigenvalue weighted by Gasteiger charge is 2.07. The SMILES string of the molecule is CCn1nccc1-c1cccc(C(C)NC)c1. The molecule has 1 heterocycles. The summed E-state index contributed by atoms with van der Waals surface area (Å²) in [7, 11) is 1.98. The minimum absolute atomic E-state index is 0.368. The Morgan fingerprint density at radius 2 is 2.18 bits per heavy atom. The molecule has 1 aromatic carbocycles. The fraction of sp³-hybridized carbons (Fsp3) is 0.357. The van der Waals surface area contributed by atoms with Gasteiger partial charge in [-0.25, -0.2) is 0 Å². The molecular weight excluding hydrogens is 210 g/mol. The summed E-state index contributed by atoms with van der Waals surface area (Å²) in [6.07, 6.45) is 1.85. The zero-order chi connectivity index (χ0) is 12.3. The zero-order valence-corrected chi connectivity index (χ0v) is 10.6. The van der Waals surface area contributed by atoms with Crippen molar-refractivity contribution in [1.29, 1.82) is 0 Å². The quantitative estimate of drug-likeness (QED) is 0.873. The van der Waals surface area contributed by atoms with E-state index in [-0.39, 0.29) is 0 Å². The van der Waals surface area contributed by atoms with E-state index < -0.39 is 0 Å². The van der Waals surface area contributed by atoms with Crippen molar-refractivity contribution in [1.82, 2.24) is 15.1 Å². The molecule has 3 nitrogen and oxygen atoms in total. The van der Waals surface area contributed by atoms with E-state index >= 15 is 0 Å². The van der Waals surface area contributed by atoms with Crippen molar-refractivity contribution in [3.63, 3.8) is 0 Å². The van der Waals surface area contributed by atoms with Gasteiger partial charge in [-0.05, 0) is 38.6 Å². The molecule has 1 unspecified atom stereocenters. The van der Waals surface area contributed by atoms with E-state index in [1.54, 1.807) is 0 Å². The first-order valence-electron chi connectivity index (χ1n) is 6.05. The maximum atomic E-state index is 4.31. The monoisotopic (exact) mass is 229 g/mol. The fourth-order valence-electron chi connectivity index (χ4n) is 1.96. The average Bonchev–Trinajstić information content (AvgIpc) is 2.86. The second-order valence-corrected chi connectivity index (χ2v) is 4.17. The van der Waals surface area contributed by atoms with Gasteiger partial charge in [0.25, 0.3) is 0 Å². The van der Waals surface area contributed by atoms with Crippen LogP contribution in [-0.4, -0.2) is 16.8 Å². The van der Waals surface area contributed by atoms with Gasteiger partial charge >= 0.3 is 0 Å². The Balaban J connectivity index is 2.39. The van der Waals surface area contributed by atoms with E-state index in [0.717, 1.165) is 6.54 Å². The highest BCUT2D eigenvalue weighted by Crippen LogP contribution is 2.22. The van der Waals surface area contributed by atoms with Crippen LogP contribution in [0.2, 0.25) is 0 Å². The van der Waals surface area contributed by atoms with E-state index in [1.165, 1.54) is 16.8 Å². The number of hydrogen-bond acceptors (Lipinski definition) is 2. The number of rotatable bonds is 4. The van der Waals surface area contributed by atoms with Gasteiger partial charge in [0.2, 0.25) is 0 Å². The molecule has 0 bridgehead atoms. The summed E-state index contributed by atoms with van der Waals surface area (Å²) in [6, 6.07) is 11.0. The third-order valence-electron chi connectivity index (χ3n) is 3.13. The minimum atomic E-state index is 0.368. The topological polar surface area (TPSA) is 29.9 Å². The molecule has 90 valence electrons. The molecule has 17 heavy (non-hydrogen) atoms. The van der Waals surface area contributed by atoms with Gasteiger partial charge in [-0.1, -0.05) is 18.2 Å². The summed E-state index contributed by atoms with van der Waals surface area (Å²) in [4.78, 5) is 0. The van der Waals surface area contributed by atoms with Gasteiger partial charge in [0, 0.05) is 24.3 Å². The van der Waals surface area contributed by atoms with Crippen LogP contribution in [0.4, 0.5) is 0 Å². The fourth-order valence-corrected chi connectivity index (χ4v) is 1.96. The molecule has 1 aromatic heterocycles. The van der Waals surface area contributed by atoms with Gasteiger partial charge in [0.15, 0.2) is 0 Å². The molecule has 0 radical (unpaired) electrons. The Morgan fingerprint density at radius 1 is 1.35 bits per heavy atom. The normalized spacial score (nSPS) is 12.6. The van der Waals surface area contributed by atoms with Crippen molar-refractivity contribution in [2.45, 2.75) is 26.4 Å². The summed E-state index contributed by atoms with van der Waals surface area (Å²) in [5, 5.41) is 7.57. The molecule has 0 aliphatic carbocycles. The predicted molar refractivity (Wildman–Crippen MR) is 70.8 cm³/mol. The highest BCUT2D eigenvalue weighted by atomic mass is 15.3. The van der Waals surface area contributed by atoms with Crippen LogP contribution in [0, 0.1) is 0 Å². The van der Waals surface area contributed by atoms with Crippen LogP contribution >= 0.6 is 0 Å². The number of hydrogen-bond donors (Lipinski definition) is 1. The molecule has 0 fully saturated rings. The Bertz CT molecular complexity index is 488. The van der Waals surface area contributed by atoms with Crippen LogP contribution in [0.1, 0.15) is 25.5 Å². The van der Waals surface area contributed by atoms with E-state index in [9.17, 15) is 0 Å². The summed E-state index contributed by atoms with van der Waals surface area (Å²) >= 11 is 0. The van der Waals surface area contributed by atoms with Gasteiger partial charge in [-0.15, -0.1) is 0 Å². The molecule has 1 atom stereocenters. The smallest absolute Gasteiger partial charge is 0.0682 e. The Morgan fingerprint density at radius 3 is 2.88 bits per heavy atom. The highest BCUT2D eigenvalue weighted by molar-refractivity contribution is 5.60. The van der Waals surface area contributed by atoms with Crippen LogP contribution in [-0.2, 0) is 6.54 Å². The number of nitrogens with zero attached hydrogens (tertiary/aromatic N) is 2. The number of benzene rings is 1. The van der Waals surface area contributed by atoms with Crippen molar-refractivity contribution in [2.75, 3.05) is 7.05 Å². The van der Waals surface area contributed by atoms with E-state index in [0.29, 0.717) is 6.04 Å². The average molecular weight is 229 g/mol. The van der Waals surface area contributed by atoms with Gasteiger partial charge in [0.05, 0.1) is 5.69 Å². The summed E-state index contributed by atoms with van der Waals surface area (Å²) < 4.78 is 2.02. The Kier molecular flexibility index (Phi) is 3.59. The van der Waals surface area contributed by atoms with Gasteiger partial charge in [-0.3, -0.25) is 4.68 Å². The molecule has 2 aromatic rings. The third kappa shape index (κ3) is 2.39. The van der Waals surface area contributed by atoms with Crippen molar-refractivity contribution in [2.24, 2.45) is 0 Å². The van der Waals surface area contributed by atoms with E-state index in [4.69, 9.17) is 0 Å². The van der Waals surface area contributed by atoms with Crippen LogP contribution in [0.25, 0.3) is 11.3 Å². The summed E-state index contributed by atoms with van der Waals surface area (Å²) in [6.45, 7) is 5.17. The maximum absolute atomic E-state index is 4.31. The second kappa shape index (κ2) is 5.15. The number of nitrogens with one attached hydrogen (secondary N) is 1. The first-order valence-corrected chi connectivity index (χ1v) is 6.05. The lowest BCUT2D eigenvalue weighted by molar-refractivity contribution is 0.651. The lowest BCUT2D eigenvalue weighted by atomic mass is 10.0. The zero-order valence-electron chi connectivity index (χ0n) is 10.6. The lowest BCUT2D eigenvalue weighted by Gasteiger charge is -2.12. The molecular formula is C14H19N3. The van der Waals surface area contributed by atoms with Gasteiger partial charge in [-0.2, -0.15) is 5.10 Å². The van der Waals surface area contributed by atoms with Crippen LogP contribution in [0.5, 0.6) is 0 Å². The number of aromatic nitrogens is 2. The molecule has 0 spiro atoms. The molecule has 0 saturated heterocycles. The summed E-state index contributed by atoms with van der Waals surface area (Å²) in [5.74, 6) is 0. The van der Waals surface area contributed by atoms with Crippen molar-refractivity contribution < 1.29 is 0 Å². The largest absolute Gasteiger partial charge is 0.313 e. The first-order chi connectivity index (χ1) is 8.26. The summed E-state index contributed by atoms with van der Waals surface area (Å²) in [5.41, 5.74) is 3.70. The number of aryl methyl sites for hydroxylation is 1. The van der Waals surface area contributed by atoms with Crippen molar-refractivity contribution in [3.05, 3.63) is 42.1 Å².